The second-order valence-corrected chi connectivity index (χ2v) is 5.36. The van der Waals surface area contributed by atoms with Gasteiger partial charge in [-0.05, 0) is 37.1 Å². The van der Waals surface area contributed by atoms with E-state index in [0.29, 0.717) is 0 Å². The molecule has 0 amide bonds. The molecule has 6 nitrogen and oxygen atoms in total. The van der Waals surface area contributed by atoms with E-state index in [-0.39, 0.29) is 24.3 Å². The second-order valence-electron chi connectivity index (χ2n) is 5.36. The number of hydrogen-bond donors (Lipinski definition) is 0. The van der Waals surface area contributed by atoms with Crippen molar-refractivity contribution in [2.45, 2.75) is 20.4 Å². The Morgan fingerprint density at radius 1 is 1.29 bits per heavy atom. The first-order valence-electron chi connectivity index (χ1n) is 7.39. The largest absolute Gasteiger partial charge is 0.491 e. The number of esters is 1. The van der Waals surface area contributed by atoms with Gasteiger partial charge in [0.2, 0.25) is 0 Å². The minimum atomic E-state index is -0.601. The third-order valence-corrected chi connectivity index (χ3v) is 3.56. The van der Waals surface area contributed by atoms with Gasteiger partial charge in [-0.25, -0.2) is 4.79 Å². The van der Waals surface area contributed by atoms with Gasteiger partial charge in [-0.1, -0.05) is 12.1 Å². The molecule has 2 aromatic rings. The monoisotopic (exact) mass is 326 g/mol. The molecule has 0 saturated heterocycles. The number of aryl methyl sites for hydroxylation is 2. The van der Waals surface area contributed by atoms with Crippen LogP contribution in [0.15, 0.2) is 35.3 Å². The number of benzene rings is 1. The average Bonchev–Trinajstić information content (AvgIpc) is 2.58. The SMILES string of the molecule is COC(=O)c1cc(C#N)c(=O)n(CCOc2cc(C)ccc2C)c1. The number of methoxy groups -OCH3 is 1. The van der Waals surface area contributed by atoms with E-state index >= 15 is 0 Å². The molecule has 0 atom stereocenters. The zero-order chi connectivity index (χ0) is 17.7. The number of hydrogen-bond acceptors (Lipinski definition) is 5. The Morgan fingerprint density at radius 2 is 2.04 bits per heavy atom. The van der Waals surface area contributed by atoms with Crippen molar-refractivity contribution >= 4 is 5.97 Å². The van der Waals surface area contributed by atoms with Gasteiger partial charge in [0.05, 0.1) is 19.2 Å². The first-order valence-corrected chi connectivity index (χ1v) is 7.39. The van der Waals surface area contributed by atoms with Crippen molar-refractivity contribution in [2.24, 2.45) is 0 Å². The van der Waals surface area contributed by atoms with Crippen LogP contribution in [0.2, 0.25) is 0 Å². The van der Waals surface area contributed by atoms with Gasteiger partial charge in [-0.15, -0.1) is 0 Å². The van der Waals surface area contributed by atoms with Crippen LogP contribution in [0.4, 0.5) is 0 Å². The summed E-state index contributed by atoms with van der Waals surface area (Å²) in [7, 11) is 1.24. The fourth-order valence-electron chi connectivity index (χ4n) is 2.23. The van der Waals surface area contributed by atoms with E-state index in [1.807, 2.05) is 32.0 Å². The summed E-state index contributed by atoms with van der Waals surface area (Å²) in [6.07, 6.45) is 1.38. The average molecular weight is 326 g/mol. The number of ether oxygens (including phenoxy) is 2. The van der Waals surface area contributed by atoms with E-state index < -0.39 is 11.5 Å². The molecule has 0 saturated carbocycles. The second kappa shape index (κ2) is 7.47. The molecular formula is C18H18N2O4. The highest BCUT2D eigenvalue weighted by Crippen LogP contribution is 2.19. The zero-order valence-electron chi connectivity index (χ0n) is 13.8. The number of pyridine rings is 1. The van der Waals surface area contributed by atoms with Gasteiger partial charge in [-0.2, -0.15) is 5.26 Å². The van der Waals surface area contributed by atoms with Crippen LogP contribution in [-0.2, 0) is 11.3 Å². The van der Waals surface area contributed by atoms with E-state index in [1.54, 1.807) is 6.07 Å². The lowest BCUT2D eigenvalue weighted by molar-refractivity contribution is 0.0599. The number of carbonyl (C=O) groups is 1. The molecule has 1 heterocycles. The predicted molar refractivity (Wildman–Crippen MR) is 88.2 cm³/mol. The van der Waals surface area contributed by atoms with Crippen molar-refractivity contribution in [1.29, 1.82) is 5.26 Å². The van der Waals surface area contributed by atoms with Crippen LogP contribution in [0.1, 0.15) is 27.0 Å². The van der Waals surface area contributed by atoms with E-state index in [9.17, 15) is 9.59 Å². The lowest BCUT2D eigenvalue weighted by atomic mass is 10.1. The van der Waals surface area contributed by atoms with Gasteiger partial charge < -0.3 is 14.0 Å². The van der Waals surface area contributed by atoms with Gasteiger partial charge in [0.25, 0.3) is 5.56 Å². The Balaban J connectivity index is 2.20. The molecule has 2 rings (SSSR count). The van der Waals surface area contributed by atoms with Crippen molar-refractivity contribution in [3.05, 3.63) is 63.1 Å². The van der Waals surface area contributed by atoms with Gasteiger partial charge in [0.15, 0.2) is 0 Å². The number of nitrogens with zero attached hydrogens (tertiary/aromatic N) is 2. The number of carbonyl (C=O) groups excluding carboxylic acids is 1. The molecule has 1 aromatic heterocycles. The van der Waals surface area contributed by atoms with Crippen molar-refractivity contribution < 1.29 is 14.3 Å². The molecular weight excluding hydrogens is 308 g/mol. The molecule has 0 aliphatic carbocycles. The minimum Gasteiger partial charge on any atom is -0.491 e. The van der Waals surface area contributed by atoms with Crippen molar-refractivity contribution in [2.75, 3.05) is 13.7 Å². The summed E-state index contributed by atoms with van der Waals surface area (Å²) < 4.78 is 11.6. The fraction of sp³-hybridized carbons (Fsp3) is 0.278. The zero-order valence-corrected chi connectivity index (χ0v) is 13.8. The summed E-state index contributed by atoms with van der Waals surface area (Å²) in [5.41, 5.74) is 1.65. The standard InChI is InChI=1S/C18H18N2O4/c1-12-4-5-13(2)16(8-12)24-7-6-20-11-15(18(22)23-3)9-14(10-19)17(20)21/h4-5,8-9,11H,6-7H2,1-3H3. The Labute approximate surface area is 139 Å². The van der Waals surface area contributed by atoms with Crippen LogP contribution >= 0.6 is 0 Å². The van der Waals surface area contributed by atoms with Crippen molar-refractivity contribution in [3.63, 3.8) is 0 Å². The molecule has 0 N–H and O–H groups in total. The Kier molecular flexibility index (Phi) is 5.38. The third-order valence-electron chi connectivity index (χ3n) is 3.56. The van der Waals surface area contributed by atoms with Crippen LogP contribution in [0, 0.1) is 25.2 Å². The third kappa shape index (κ3) is 3.82. The minimum absolute atomic E-state index is 0.107. The number of aromatic nitrogens is 1. The van der Waals surface area contributed by atoms with Crippen LogP contribution in [-0.4, -0.2) is 24.3 Å². The van der Waals surface area contributed by atoms with Crippen LogP contribution in [0.25, 0.3) is 0 Å². The Hall–Kier alpha value is -3.07. The Bertz CT molecular complexity index is 862. The molecule has 0 spiro atoms. The van der Waals surface area contributed by atoms with E-state index in [0.717, 1.165) is 16.9 Å². The Morgan fingerprint density at radius 3 is 2.71 bits per heavy atom. The molecule has 0 radical (unpaired) electrons. The maximum Gasteiger partial charge on any atom is 0.339 e. The lowest BCUT2D eigenvalue weighted by Gasteiger charge is -2.12. The summed E-state index contributed by atoms with van der Waals surface area (Å²) >= 11 is 0. The molecule has 0 aliphatic heterocycles. The normalized spacial score (nSPS) is 10.1. The highest BCUT2D eigenvalue weighted by atomic mass is 16.5. The summed E-state index contributed by atoms with van der Waals surface area (Å²) in [5, 5.41) is 9.05. The number of rotatable bonds is 5. The van der Waals surface area contributed by atoms with Crippen LogP contribution in [0.3, 0.4) is 0 Å². The first-order chi connectivity index (χ1) is 11.5. The van der Waals surface area contributed by atoms with Gasteiger partial charge in [0, 0.05) is 6.20 Å². The summed E-state index contributed by atoms with van der Waals surface area (Å²) in [4.78, 5) is 23.8. The van der Waals surface area contributed by atoms with Crippen LogP contribution < -0.4 is 10.3 Å². The molecule has 24 heavy (non-hydrogen) atoms. The van der Waals surface area contributed by atoms with Gasteiger partial charge in [0.1, 0.15) is 24.0 Å². The summed E-state index contributed by atoms with van der Waals surface area (Å²) in [5.74, 6) is 0.142. The smallest absolute Gasteiger partial charge is 0.339 e. The predicted octanol–water partition coefficient (Wildman–Crippen LogP) is 2.20. The summed E-state index contributed by atoms with van der Waals surface area (Å²) in [6.45, 7) is 4.36. The molecule has 6 heteroatoms. The molecule has 124 valence electrons. The van der Waals surface area contributed by atoms with Gasteiger partial charge >= 0.3 is 5.97 Å². The topological polar surface area (TPSA) is 81.3 Å². The lowest BCUT2D eigenvalue weighted by Crippen LogP contribution is -2.26. The molecule has 0 fully saturated rings. The molecule has 1 aromatic carbocycles. The highest BCUT2D eigenvalue weighted by Gasteiger charge is 2.12. The van der Waals surface area contributed by atoms with E-state index in [2.05, 4.69) is 4.74 Å². The summed E-state index contributed by atoms with van der Waals surface area (Å²) in [6, 6.07) is 8.90. The molecule has 0 bridgehead atoms. The number of nitriles is 1. The first kappa shape index (κ1) is 17.3. The maximum absolute atomic E-state index is 12.2. The fourth-order valence-corrected chi connectivity index (χ4v) is 2.23. The molecule has 0 aliphatic rings. The van der Waals surface area contributed by atoms with Gasteiger partial charge in [-0.3, -0.25) is 4.79 Å². The van der Waals surface area contributed by atoms with E-state index in [1.165, 1.54) is 23.9 Å². The van der Waals surface area contributed by atoms with E-state index in [4.69, 9.17) is 10.00 Å². The maximum atomic E-state index is 12.2. The quantitative estimate of drug-likeness (QED) is 0.787. The highest BCUT2D eigenvalue weighted by molar-refractivity contribution is 5.89. The van der Waals surface area contributed by atoms with Crippen LogP contribution in [0.5, 0.6) is 5.75 Å². The van der Waals surface area contributed by atoms with Crippen molar-refractivity contribution in [1.82, 2.24) is 4.57 Å². The van der Waals surface area contributed by atoms with Crippen molar-refractivity contribution in [3.8, 4) is 11.8 Å². The molecule has 0 unspecified atom stereocenters.